The van der Waals surface area contributed by atoms with E-state index in [1.54, 1.807) is 5.57 Å². The maximum absolute atomic E-state index is 12.3. The van der Waals surface area contributed by atoms with Crippen molar-refractivity contribution >= 4 is 11.9 Å². The zero-order valence-electron chi connectivity index (χ0n) is 23.9. The van der Waals surface area contributed by atoms with Crippen molar-refractivity contribution in [1.82, 2.24) is 0 Å². The molecule has 0 radical (unpaired) electrons. The Kier molecular flexibility index (Phi) is 8.62. The van der Waals surface area contributed by atoms with Gasteiger partial charge in [-0.2, -0.15) is 0 Å². The monoisotopic (exact) mass is 500 g/mol. The largest absolute Gasteiger partial charge is 0.469 e. The molecule has 8 unspecified atom stereocenters. The summed E-state index contributed by atoms with van der Waals surface area (Å²) in [6.45, 7) is 12.4. The molecule has 0 N–H and O–H groups in total. The summed E-state index contributed by atoms with van der Waals surface area (Å²) in [4.78, 5) is 23.7. The number of fused-ring (bicyclic) bond motifs is 5. The van der Waals surface area contributed by atoms with Crippen LogP contribution in [0, 0.1) is 46.3 Å². The van der Waals surface area contributed by atoms with Crippen molar-refractivity contribution in [2.24, 2.45) is 46.3 Å². The molecule has 4 rings (SSSR count). The number of methoxy groups -OCH3 is 1. The van der Waals surface area contributed by atoms with Gasteiger partial charge in [-0.1, -0.05) is 65.5 Å². The number of carbonyl (C=O) groups is 2. The second-order valence-electron chi connectivity index (χ2n) is 13.7. The minimum absolute atomic E-state index is 0.0394. The average Bonchev–Trinajstić information content (AvgIpc) is 3.19. The van der Waals surface area contributed by atoms with Crippen molar-refractivity contribution in [3.63, 3.8) is 0 Å². The lowest BCUT2D eigenvalue weighted by Crippen LogP contribution is -2.51. The normalized spacial score (nSPS) is 38.4. The topological polar surface area (TPSA) is 52.6 Å². The first kappa shape index (κ1) is 27.7. The molecule has 0 aromatic heterocycles. The fraction of sp³-hybridized carbons (Fsp3) is 0.875. The summed E-state index contributed by atoms with van der Waals surface area (Å²) in [7, 11) is 1.35. The Hall–Kier alpha value is -1.32. The Bertz CT molecular complexity index is 830. The third-order valence-corrected chi connectivity index (χ3v) is 11.3. The number of ether oxygens (including phenoxy) is 2. The van der Waals surface area contributed by atoms with Gasteiger partial charge < -0.3 is 9.47 Å². The molecule has 0 aliphatic heterocycles. The third-order valence-electron chi connectivity index (χ3n) is 11.3. The minimum Gasteiger partial charge on any atom is -0.469 e. The van der Waals surface area contributed by atoms with Gasteiger partial charge in [-0.3, -0.25) is 9.59 Å². The van der Waals surface area contributed by atoms with Gasteiger partial charge in [0, 0.05) is 6.42 Å². The maximum Gasteiger partial charge on any atom is 0.306 e. The molecule has 3 fully saturated rings. The molecule has 204 valence electrons. The summed E-state index contributed by atoms with van der Waals surface area (Å²) in [6.07, 6.45) is 16.7. The van der Waals surface area contributed by atoms with Crippen molar-refractivity contribution < 1.29 is 19.1 Å². The van der Waals surface area contributed by atoms with E-state index < -0.39 is 0 Å². The summed E-state index contributed by atoms with van der Waals surface area (Å²) >= 11 is 0. The second kappa shape index (κ2) is 11.2. The molecule has 0 heterocycles. The molecule has 4 aliphatic carbocycles. The highest BCUT2D eigenvalue weighted by molar-refractivity contribution is 5.77. The first-order chi connectivity index (χ1) is 17.1. The number of carbonyl (C=O) groups excluding carboxylic acids is 2. The SMILES string of the molecule is COC(=O)CCC(=O)OC1CCC2(C)C(=CCC3C2CCC2(C)C(C(C)CCCC(C)C)CCC32)C1. The fourth-order valence-corrected chi connectivity index (χ4v) is 9.30. The van der Waals surface area contributed by atoms with Gasteiger partial charge in [-0.15, -0.1) is 0 Å². The Morgan fingerprint density at radius 3 is 2.44 bits per heavy atom. The van der Waals surface area contributed by atoms with Crippen LogP contribution in [0.3, 0.4) is 0 Å². The van der Waals surface area contributed by atoms with Gasteiger partial charge >= 0.3 is 11.9 Å². The lowest BCUT2D eigenvalue weighted by atomic mass is 9.47. The van der Waals surface area contributed by atoms with Crippen LogP contribution in [0.25, 0.3) is 0 Å². The van der Waals surface area contributed by atoms with Crippen LogP contribution >= 0.6 is 0 Å². The lowest BCUT2D eigenvalue weighted by Gasteiger charge is -2.58. The Morgan fingerprint density at radius 2 is 1.72 bits per heavy atom. The zero-order chi connectivity index (χ0) is 26.1. The molecule has 0 amide bonds. The van der Waals surface area contributed by atoms with Gasteiger partial charge in [0.1, 0.15) is 6.10 Å². The number of allylic oxidation sites excluding steroid dienone is 1. The van der Waals surface area contributed by atoms with Gasteiger partial charge in [-0.25, -0.2) is 0 Å². The Balaban J connectivity index is 1.38. The molecule has 36 heavy (non-hydrogen) atoms. The van der Waals surface area contributed by atoms with Crippen LogP contribution in [0.4, 0.5) is 0 Å². The van der Waals surface area contributed by atoms with Crippen molar-refractivity contribution in [1.29, 1.82) is 0 Å². The van der Waals surface area contributed by atoms with E-state index in [0.717, 1.165) is 54.8 Å². The first-order valence-electron chi connectivity index (χ1n) is 15.0. The Morgan fingerprint density at radius 1 is 0.972 bits per heavy atom. The van der Waals surface area contributed by atoms with Crippen LogP contribution in [0.5, 0.6) is 0 Å². The quantitative estimate of drug-likeness (QED) is 0.238. The summed E-state index contributed by atoms with van der Waals surface area (Å²) in [6, 6.07) is 0. The molecule has 0 aromatic rings. The number of hydrogen-bond donors (Lipinski definition) is 0. The van der Waals surface area contributed by atoms with Crippen molar-refractivity contribution in [2.45, 2.75) is 124 Å². The number of hydrogen-bond acceptors (Lipinski definition) is 4. The average molecular weight is 501 g/mol. The first-order valence-corrected chi connectivity index (χ1v) is 15.0. The van der Waals surface area contributed by atoms with Gasteiger partial charge in [0.25, 0.3) is 0 Å². The molecular formula is C32H52O4. The maximum atomic E-state index is 12.3. The van der Waals surface area contributed by atoms with E-state index >= 15 is 0 Å². The van der Waals surface area contributed by atoms with Crippen molar-refractivity contribution in [3.05, 3.63) is 11.6 Å². The highest BCUT2D eigenvalue weighted by Gasteiger charge is 2.59. The van der Waals surface area contributed by atoms with E-state index in [9.17, 15) is 9.59 Å². The summed E-state index contributed by atoms with van der Waals surface area (Å²) in [5.41, 5.74) is 2.33. The van der Waals surface area contributed by atoms with Gasteiger partial charge in [0.2, 0.25) is 0 Å². The van der Waals surface area contributed by atoms with Crippen molar-refractivity contribution in [3.8, 4) is 0 Å². The molecule has 8 atom stereocenters. The highest BCUT2D eigenvalue weighted by Crippen LogP contribution is 2.67. The lowest BCUT2D eigenvalue weighted by molar-refractivity contribution is -0.154. The molecule has 3 saturated carbocycles. The number of esters is 2. The van der Waals surface area contributed by atoms with Crippen LogP contribution in [-0.4, -0.2) is 25.2 Å². The molecule has 0 saturated heterocycles. The summed E-state index contributed by atoms with van der Waals surface area (Å²) in [5, 5.41) is 0. The standard InChI is InChI=1S/C32H52O4/c1-21(2)8-7-9-22(3)26-12-13-27-25-11-10-23-20-24(36-30(34)15-14-29(33)35-6)16-18-31(23,4)28(25)17-19-32(26,27)5/h10,21-22,24-28H,7-9,11-20H2,1-6H3. The molecule has 0 aromatic carbocycles. The predicted octanol–water partition coefficient (Wildman–Crippen LogP) is 7.89. The highest BCUT2D eigenvalue weighted by atomic mass is 16.5. The van der Waals surface area contributed by atoms with E-state index in [-0.39, 0.29) is 36.3 Å². The number of rotatable bonds is 9. The van der Waals surface area contributed by atoms with Gasteiger partial charge in [0.05, 0.1) is 20.0 Å². The van der Waals surface area contributed by atoms with Crippen LogP contribution in [0.2, 0.25) is 0 Å². The molecule has 0 spiro atoms. The smallest absolute Gasteiger partial charge is 0.306 e. The van der Waals surface area contributed by atoms with Gasteiger partial charge in [-0.05, 0) is 91.3 Å². The summed E-state index contributed by atoms with van der Waals surface area (Å²) in [5.74, 6) is 4.42. The van der Waals surface area contributed by atoms with E-state index in [1.165, 1.54) is 58.5 Å². The molecule has 0 bridgehead atoms. The van der Waals surface area contributed by atoms with Crippen molar-refractivity contribution in [2.75, 3.05) is 7.11 Å². The van der Waals surface area contributed by atoms with Crippen LogP contribution < -0.4 is 0 Å². The second-order valence-corrected chi connectivity index (χ2v) is 13.7. The molecule has 4 aliphatic rings. The van der Waals surface area contributed by atoms with Crippen LogP contribution in [0.15, 0.2) is 11.6 Å². The molecule has 4 nitrogen and oxygen atoms in total. The predicted molar refractivity (Wildman–Crippen MR) is 144 cm³/mol. The van der Waals surface area contributed by atoms with E-state index in [1.807, 2.05) is 0 Å². The molecular weight excluding hydrogens is 448 g/mol. The van der Waals surface area contributed by atoms with Gasteiger partial charge in [0.15, 0.2) is 0 Å². The Labute approximate surface area is 220 Å². The summed E-state index contributed by atoms with van der Waals surface area (Å²) < 4.78 is 10.5. The third kappa shape index (κ3) is 5.44. The zero-order valence-corrected chi connectivity index (χ0v) is 23.9. The van der Waals surface area contributed by atoms with E-state index in [0.29, 0.717) is 5.41 Å². The van der Waals surface area contributed by atoms with Crippen LogP contribution in [0.1, 0.15) is 118 Å². The van der Waals surface area contributed by atoms with E-state index in [4.69, 9.17) is 4.74 Å². The fourth-order valence-electron chi connectivity index (χ4n) is 9.30. The van der Waals surface area contributed by atoms with Crippen LogP contribution in [-0.2, 0) is 19.1 Å². The van der Waals surface area contributed by atoms with E-state index in [2.05, 4.69) is 45.4 Å². The molecule has 4 heteroatoms. The minimum atomic E-state index is -0.354.